The number of hydrogen-bond donors (Lipinski definition) is 2. The summed E-state index contributed by atoms with van der Waals surface area (Å²) in [4.78, 5) is 24.0. The number of carbonyl (C=O) groups excluding carboxylic acids is 1. The van der Waals surface area contributed by atoms with E-state index in [1.165, 1.54) is 43.2 Å². The minimum Gasteiger partial charge on any atom is -0.480 e. The van der Waals surface area contributed by atoms with Crippen LogP contribution in [-0.2, 0) is 9.53 Å². The molecule has 0 bridgehead atoms. The molecule has 0 aromatic heterocycles. The van der Waals surface area contributed by atoms with Gasteiger partial charge in [-0.25, -0.2) is 9.59 Å². The van der Waals surface area contributed by atoms with Gasteiger partial charge in [-0.05, 0) is 34.6 Å². The first-order valence-corrected chi connectivity index (χ1v) is 11.5. The van der Waals surface area contributed by atoms with Crippen LogP contribution < -0.4 is 5.32 Å². The van der Waals surface area contributed by atoms with Crippen molar-refractivity contribution < 1.29 is 19.4 Å². The molecule has 0 spiro atoms. The summed E-state index contributed by atoms with van der Waals surface area (Å²) < 4.78 is 5.50. The van der Waals surface area contributed by atoms with Gasteiger partial charge in [0.05, 0.1) is 0 Å². The number of rotatable bonds is 8. The standard InChI is InChI=1S/C26H31NO4/c28-25(29)24(16-8-11-18-9-2-1-3-10-18)27-26(30)31-17-23-21-14-6-4-12-19(21)20-13-5-7-15-22(20)23/h4-7,12-15,18,23-24H,1-3,8-11,16-17H2,(H,27,30)(H,28,29)/t24-/m1/s1. The van der Waals surface area contributed by atoms with Gasteiger partial charge in [-0.1, -0.05) is 93.5 Å². The third-order valence-corrected chi connectivity index (χ3v) is 6.76. The zero-order valence-electron chi connectivity index (χ0n) is 17.9. The molecule has 1 fully saturated rings. The Bertz CT molecular complexity index is 874. The lowest BCUT2D eigenvalue weighted by molar-refractivity contribution is -0.139. The average molecular weight is 422 g/mol. The van der Waals surface area contributed by atoms with E-state index in [0.717, 1.165) is 24.0 Å². The number of hydrogen-bond acceptors (Lipinski definition) is 3. The molecule has 0 radical (unpaired) electrons. The number of fused-ring (bicyclic) bond motifs is 3. The molecule has 31 heavy (non-hydrogen) atoms. The Morgan fingerprint density at radius 1 is 0.968 bits per heavy atom. The summed E-state index contributed by atoms with van der Waals surface area (Å²) in [5.74, 6) is -0.331. The number of carboxylic acid groups (broad SMARTS) is 1. The quantitative estimate of drug-likeness (QED) is 0.571. The van der Waals surface area contributed by atoms with Gasteiger partial charge >= 0.3 is 12.1 Å². The first kappa shape index (κ1) is 21.4. The van der Waals surface area contributed by atoms with Crippen LogP contribution in [0.3, 0.4) is 0 Å². The van der Waals surface area contributed by atoms with Gasteiger partial charge in [0.15, 0.2) is 0 Å². The Balaban J connectivity index is 1.31. The lowest BCUT2D eigenvalue weighted by Gasteiger charge is -2.22. The first-order chi connectivity index (χ1) is 15.1. The van der Waals surface area contributed by atoms with Gasteiger partial charge in [0.1, 0.15) is 12.6 Å². The van der Waals surface area contributed by atoms with E-state index in [9.17, 15) is 14.7 Å². The predicted molar refractivity (Wildman–Crippen MR) is 120 cm³/mol. The molecule has 2 aliphatic carbocycles. The van der Waals surface area contributed by atoms with E-state index in [0.29, 0.717) is 12.3 Å². The van der Waals surface area contributed by atoms with E-state index in [4.69, 9.17) is 4.74 Å². The smallest absolute Gasteiger partial charge is 0.407 e. The number of benzene rings is 2. The highest BCUT2D eigenvalue weighted by atomic mass is 16.5. The number of alkyl carbamates (subject to hydrolysis) is 1. The molecule has 2 aromatic carbocycles. The molecule has 0 aliphatic heterocycles. The molecule has 4 rings (SSSR count). The largest absolute Gasteiger partial charge is 0.480 e. The molecule has 2 aliphatic rings. The second-order valence-electron chi connectivity index (χ2n) is 8.80. The van der Waals surface area contributed by atoms with Gasteiger partial charge in [0.2, 0.25) is 0 Å². The maximum absolute atomic E-state index is 12.4. The van der Waals surface area contributed by atoms with Crippen molar-refractivity contribution in [3.63, 3.8) is 0 Å². The molecule has 0 saturated heterocycles. The van der Waals surface area contributed by atoms with Crippen LogP contribution in [-0.4, -0.2) is 29.8 Å². The summed E-state index contributed by atoms with van der Waals surface area (Å²) in [7, 11) is 0. The summed E-state index contributed by atoms with van der Waals surface area (Å²) in [6.45, 7) is 0.189. The molecule has 164 valence electrons. The van der Waals surface area contributed by atoms with Crippen molar-refractivity contribution in [2.75, 3.05) is 6.61 Å². The van der Waals surface area contributed by atoms with Crippen molar-refractivity contribution >= 4 is 12.1 Å². The van der Waals surface area contributed by atoms with Crippen LogP contribution in [0.2, 0.25) is 0 Å². The van der Waals surface area contributed by atoms with Crippen LogP contribution in [0.25, 0.3) is 11.1 Å². The normalized spacial score (nSPS) is 16.9. The van der Waals surface area contributed by atoms with Gasteiger partial charge in [-0.3, -0.25) is 0 Å². The fourth-order valence-corrected chi connectivity index (χ4v) is 5.13. The molecule has 1 saturated carbocycles. The topological polar surface area (TPSA) is 75.6 Å². The van der Waals surface area contributed by atoms with E-state index in [1.807, 2.05) is 24.3 Å². The van der Waals surface area contributed by atoms with E-state index in [-0.39, 0.29) is 12.5 Å². The second kappa shape index (κ2) is 9.99. The highest BCUT2D eigenvalue weighted by Crippen LogP contribution is 2.44. The summed E-state index contributed by atoms with van der Waals surface area (Å²) in [6.07, 6.45) is 8.01. The maximum Gasteiger partial charge on any atom is 0.407 e. The van der Waals surface area contributed by atoms with E-state index < -0.39 is 18.1 Å². The summed E-state index contributed by atoms with van der Waals surface area (Å²) in [5, 5.41) is 12.1. The Labute approximate surface area is 183 Å². The summed E-state index contributed by atoms with van der Waals surface area (Å²) in [6, 6.07) is 15.4. The fourth-order valence-electron chi connectivity index (χ4n) is 5.13. The predicted octanol–water partition coefficient (Wildman–Crippen LogP) is 5.73. The summed E-state index contributed by atoms with van der Waals surface area (Å²) in [5.41, 5.74) is 4.61. The molecular weight excluding hydrogens is 390 g/mol. The number of ether oxygens (including phenoxy) is 1. The molecule has 5 nitrogen and oxygen atoms in total. The van der Waals surface area contributed by atoms with Crippen molar-refractivity contribution in [3.05, 3.63) is 59.7 Å². The molecule has 2 aromatic rings. The van der Waals surface area contributed by atoms with Crippen molar-refractivity contribution in [3.8, 4) is 11.1 Å². The van der Waals surface area contributed by atoms with Crippen molar-refractivity contribution in [1.82, 2.24) is 5.32 Å². The van der Waals surface area contributed by atoms with Crippen molar-refractivity contribution in [1.29, 1.82) is 0 Å². The Kier molecular flexibility index (Phi) is 6.90. The monoisotopic (exact) mass is 421 g/mol. The van der Waals surface area contributed by atoms with E-state index in [1.54, 1.807) is 0 Å². The summed E-state index contributed by atoms with van der Waals surface area (Å²) >= 11 is 0. The molecule has 2 N–H and O–H groups in total. The van der Waals surface area contributed by atoms with Gasteiger partial charge in [-0.15, -0.1) is 0 Å². The van der Waals surface area contributed by atoms with Crippen LogP contribution in [0.1, 0.15) is 68.4 Å². The van der Waals surface area contributed by atoms with Crippen LogP contribution in [0.4, 0.5) is 4.79 Å². The number of carboxylic acids is 1. The SMILES string of the molecule is O=C(N[C@H](CCCC1CCCCC1)C(=O)O)OCC1c2ccccc2-c2ccccc21. The zero-order valence-corrected chi connectivity index (χ0v) is 17.9. The zero-order chi connectivity index (χ0) is 21.6. The minimum atomic E-state index is -1.00. The third-order valence-electron chi connectivity index (χ3n) is 6.76. The van der Waals surface area contributed by atoms with Gasteiger partial charge < -0.3 is 15.2 Å². The molecule has 5 heteroatoms. The van der Waals surface area contributed by atoms with E-state index in [2.05, 4.69) is 29.6 Å². The third kappa shape index (κ3) is 5.09. The lowest BCUT2D eigenvalue weighted by atomic mass is 9.85. The minimum absolute atomic E-state index is 0.0345. The molecular formula is C26H31NO4. The van der Waals surface area contributed by atoms with Crippen LogP contribution in [0.15, 0.2) is 48.5 Å². The first-order valence-electron chi connectivity index (χ1n) is 11.5. The second-order valence-corrected chi connectivity index (χ2v) is 8.80. The van der Waals surface area contributed by atoms with Crippen molar-refractivity contribution in [2.45, 2.75) is 63.3 Å². The van der Waals surface area contributed by atoms with E-state index >= 15 is 0 Å². The van der Waals surface area contributed by atoms with Crippen LogP contribution >= 0.6 is 0 Å². The number of nitrogens with one attached hydrogen (secondary N) is 1. The maximum atomic E-state index is 12.4. The number of carbonyl (C=O) groups is 2. The lowest BCUT2D eigenvalue weighted by Crippen LogP contribution is -2.41. The average Bonchev–Trinajstić information content (AvgIpc) is 3.11. The van der Waals surface area contributed by atoms with Gasteiger partial charge in [-0.2, -0.15) is 0 Å². The molecule has 1 amide bonds. The molecule has 0 heterocycles. The Hall–Kier alpha value is -2.82. The van der Waals surface area contributed by atoms with Crippen molar-refractivity contribution in [2.24, 2.45) is 5.92 Å². The van der Waals surface area contributed by atoms with Crippen LogP contribution in [0.5, 0.6) is 0 Å². The molecule has 0 unspecified atom stereocenters. The van der Waals surface area contributed by atoms with Gasteiger partial charge in [0, 0.05) is 5.92 Å². The molecule has 1 atom stereocenters. The Morgan fingerprint density at radius 2 is 1.58 bits per heavy atom. The van der Waals surface area contributed by atoms with Gasteiger partial charge in [0.25, 0.3) is 0 Å². The van der Waals surface area contributed by atoms with Crippen LogP contribution in [0, 0.1) is 5.92 Å². The highest BCUT2D eigenvalue weighted by Gasteiger charge is 2.29. The highest BCUT2D eigenvalue weighted by molar-refractivity contribution is 5.81. The number of amides is 1. The Morgan fingerprint density at radius 3 is 2.19 bits per heavy atom. The fraction of sp³-hybridized carbons (Fsp3) is 0.462. The number of aliphatic carboxylic acids is 1.